The molecule has 1 aliphatic heterocycles. The van der Waals surface area contributed by atoms with Crippen LogP contribution in [0.4, 0.5) is 5.69 Å². The summed E-state index contributed by atoms with van der Waals surface area (Å²) in [7, 11) is 0. The number of nitrogens with two attached hydrogens (primary N) is 1. The summed E-state index contributed by atoms with van der Waals surface area (Å²) in [6, 6.07) is 8.60. The highest BCUT2D eigenvalue weighted by molar-refractivity contribution is 5.57. The second kappa shape index (κ2) is 3.49. The lowest BCUT2D eigenvalue weighted by molar-refractivity contribution is 0.182. The Labute approximate surface area is 97.4 Å². The van der Waals surface area contributed by atoms with Crippen molar-refractivity contribution >= 4 is 5.69 Å². The molecular weight excluding hydrogens is 196 g/mol. The molecule has 2 nitrogen and oxygen atoms in total. The Bertz CT molecular complexity index is 401. The molecule has 2 N–H and O–H groups in total. The molecule has 1 aromatic carbocycles. The van der Waals surface area contributed by atoms with Crippen molar-refractivity contribution in [2.45, 2.75) is 44.6 Å². The Morgan fingerprint density at radius 1 is 1.31 bits per heavy atom. The number of benzene rings is 1. The predicted octanol–water partition coefficient (Wildman–Crippen LogP) is 2.87. The van der Waals surface area contributed by atoms with E-state index in [9.17, 15) is 0 Å². The summed E-state index contributed by atoms with van der Waals surface area (Å²) in [5.74, 6) is 7.11. The average molecular weight is 216 g/mol. The summed E-state index contributed by atoms with van der Waals surface area (Å²) >= 11 is 0. The van der Waals surface area contributed by atoms with Crippen LogP contribution in [0.5, 0.6) is 0 Å². The first kappa shape index (κ1) is 10.2. The molecule has 2 atom stereocenters. The molecule has 0 saturated heterocycles. The number of hydrogen-bond donors (Lipinski definition) is 1. The Morgan fingerprint density at radius 3 is 3.00 bits per heavy atom. The summed E-state index contributed by atoms with van der Waals surface area (Å²) in [6.07, 6.45) is 6.47. The molecule has 3 rings (SSSR count). The van der Waals surface area contributed by atoms with Gasteiger partial charge < -0.3 is 5.01 Å². The Kier molecular flexibility index (Phi) is 2.21. The molecule has 1 aliphatic carbocycles. The lowest BCUT2D eigenvalue weighted by Gasteiger charge is -2.52. The summed E-state index contributed by atoms with van der Waals surface area (Å²) in [5.41, 5.74) is 2.85. The zero-order valence-corrected chi connectivity index (χ0v) is 9.95. The van der Waals surface area contributed by atoms with Crippen LogP contribution in [0.1, 0.15) is 38.2 Å². The van der Waals surface area contributed by atoms with Crippen molar-refractivity contribution in [3.8, 4) is 0 Å². The molecule has 0 bridgehead atoms. The van der Waals surface area contributed by atoms with Gasteiger partial charge in [-0.1, -0.05) is 31.0 Å². The second-order valence-corrected chi connectivity index (χ2v) is 5.50. The van der Waals surface area contributed by atoms with Crippen LogP contribution in [0.2, 0.25) is 0 Å². The highest BCUT2D eigenvalue weighted by Gasteiger charge is 2.44. The first-order valence-electron chi connectivity index (χ1n) is 6.35. The van der Waals surface area contributed by atoms with Gasteiger partial charge in [-0.25, -0.2) is 5.84 Å². The first-order valence-corrected chi connectivity index (χ1v) is 6.35. The number of hydrogen-bond acceptors (Lipinski definition) is 2. The number of rotatable bonds is 0. The molecule has 1 fully saturated rings. The van der Waals surface area contributed by atoms with Crippen molar-refractivity contribution in [3.05, 3.63) is 29.8 Å². The zero-order valence-electron chi connectivity index (χ0n) is 9.95. The topological polar surface area (TPSA) is 29.3 Å². The summed E-state index contributed by atoms with van der Waals surface area (Å²) in [6.45, 7) is 2.34. The molecule has 0 amide bonds. The molecule has 1 heterocycles. The van der Waals surface area contributed by atoms with Gasteiger partial charge in [-0.2, -0.15) is 0 Å². The minimum atomic E-state index is 0.187. The van der Waals surface area contributed by atoms with Gasteiger partial charge in [-0.15, -0.1) is 0 Å². The van der Waals surface area contributed by atoms with Gasteiger partial charge in [0, 0.05) is 0 Å². The lowest BCUT2D eigenvalue weighted by atomic mass is 9.68. The molecule has 1 saturated carbocycles. The molecule has 0 radical (unpaired) electrons. The minimum absolute atomic E-state index is 0.187. The standard InChI is InChI=1S/C14H20N2/c1-14-9-5-4-7-12(14)10-11-6-2-3-8-13(11)16(14)15/h2-3,6,8,12H,4-5,7,9-10,15H2,1H3. The maximum Gasteiger partial charge on any atom is 0.0564 e. The third-order valence-corrected chi connectivity index (χ3v) is 4.63. The van der Waals surface area contributed by atoms with E-state index < -0.39 is 0 Å². The first-order chi connectivity index (χ1) is 7.72. The molecule has 2 unspecified atom stereocenters. The molecule has 0 spiro atoms. The van der Waals surface area contributed by atoms with Crippen molar-refractivity contribution in [1.82, 2.24) is 0 Å². The van der Waals surface area contributed by atoms with Gasteiger partial charge in [0.1, 0.15) is 0 Å². The van der Waals surface area contributed by atoms with Crippen molar-refractivity contribution < 1.29 is 0 Å². The van der Waals surface area contributed by atoms with Gasteiger partial charge in [-0.05, 0) is 43.7 Å². The van der Waals surface area contributed by atoms with Gasteiger partial charge in [0.05, 0.1) is 11.2 Å². The van der Waals surface area contributed by atoms with E-state index in [2.05, 4.69) is 36.2 Å². The highest BCUT2D eigenvalue weighted by atomic mass is 15.5. The fourth-order valence-electron chi connectivity index (χ4n) is 3.49. The monoisotopic (exact) mass is 216 g/mol. The van der Waals surface area contributed by atoms with Gasteiger partial charge in [0.15, 0.2) is 0 Å². The number of anilines is 1. The maximum atomic E-state index is 6.37. The van der Waals surface area contributed by atoms with Gasteiger partial charge in [0.25, 0.3) is 0 Å². The third kappa shape index (κ3) is 1.29. The van der Waals surface area contributed by atoms with Crippen molar-refractivity contribution in [2.75, 3.05) is 5.01 Å². The smallest absolute Gasteiger partial charge is 0.0564 e. The maximum absolute atomic E-state index is 6.37. The average Bonchev–Trinajstić information content (AvgIpc) is 2.31. The molecule has 16 heavy (non-hydrogen) atoms. The number of hydrazine groups is 1. The second-order valence-electron chi connectivity index (χ2n) is 5.50. The van der Waals surface area contributed by atoms with E-state index in [0.717, 1.165) is 5.92 Å². The van der Waals surface area contributed by atoms with Crippen molar-refractivity contribution in [3.63, 3.8) is 0 Å². The van der Waals surface area contributed by atoms with E-state index in [4.69, 9.17) is 5.84 Å². The minimum Gasteiger partial charge on any atom is -0.305 e. The van der Waals surface area contributed by atoms with E-state index in [1.54, 1.807) is 0 Å². The van der Waals surface area contributed by atoms with Crippen LogP contribution < -0.4 is 10.9 Å². The fraction of sp³-hybridized carbons (Fsp3) is 0.571. The number of fused-ring (bicyclic) bond motifs is 2. The fourth-order valence-corrected chi connectivity index (χ4v) is 3.49. The van der Waals surface area contributed by atoms with Crippen LogP contribution in [0.25, 0.3) is 0 Å². The molecule has 2 heteroatoms. The van der Waals surface area contributed by atoms with Crippen molar-refractivity contribution in [2.24, 2.45) is 11.8 Å². The van der Waals surface area contributed by atoms with Crippen LogP contribution >= 0.6 is 0 Å². The molecule has 86 valence electrons. The predicted molar refractivity (Wildman–Crippen MR) is 67.2 cm³/mol. The Morgan fingerprint density at radius 2 is 2.12 bits per heavy atom. The van der Waals surface area contributed by atoms with Crippen LogP contribution in [-0.2, 0) is 6.42 Å². The van der Waals surface area contributed by atoms with E-state index in [0.29, 0.717) is 0 Å². The van der Waals surface area contributed by atoms with Crippen LogP contribution in [-0.4, -0.2) is 5.54 Å². The number of para-hydroxylation sites is 1. The lowest BCUT2D eigenvalue weighted by Crippen LogP contribution is -2.60. The van der Waals surface area contributed by atoms with E-state index in [-0.39, 0.29) is 5.54 Å². The third-order valence-electron chi connectivity index (χ3n) is 4.63. The SMILES string of the molecule is CC12CCCCC1Cc1ccccc1N2N. The van der Waals surface area contributed by atoms with Crippen LogP contribution in [0.3, 0.4) is 0 Å². The summed E-state index contributed by atoms with van der Waals surface area (Å²) in [5, 5.41) is 2.05. The summed E-state index contributed by atoms with van der Waals surface area (Å²) < 4.78 is 0. The Hall–Kier alpha value is -1.02. The van der Waals surface area contributed by atoms with Crippen molar-refractivity contribution in [1.29, 1.82) is 0 Å². The van der Waals surface area contributed by atoms with Gasteiger partial charge in [0.2, 0.25) is 0 Å². The zero-order chi connectivity index (χ0) is 11.2. The Balaban J connectivity index is 2.06. The van der Waals surface area contributed by atoms with Crippen LogP contribution in [0.15, 0.2) is 24.3 Å². The highest BCUT2D eigenvalue weighted by Crippen LogP contribution is 2.45. The normalized spacial score (nSPS) is 33.1. The van der Waals surface area contributed by atoms with Gasteiger partial charge in [-0.3, -0.25) is 0 Å². The van der Waals surface area contributed by atoms with E-state index in [1.165, 1.54) is 43.4 Å². The molecule has 2 aliphatic rings. The largest absolute Gasteiger partial charge is 0.305 e. The van der Waals surface area contributed by atoms with E-state index in [1.807, 2.05) is 0 Å². The van der Waals surface area contributed by atoms with Crippen LogP contribution in [0, 0.1) is 5.92 Å². The molecule has 0 aromatic heterocycles. The van der Waals surface area contributed by atoms with Gasteiger partial charge >= 0.3 is 0 Å². The quantitative estimate of drug-likeness (QED) is 0.676. The van der Waals surface area contributed by atoms with E-state index >= 15 is 0 Å². The number of nitrogens with zero attached hydrogens (tertiary/aromatic N) is 1. The molecular formula is C14H20N2. The molecule has 1 aromatic rings. The summed E-state index contributed by atoms with van der Waals surface area (Å²) in [4.78, 5) is 0.